The van der Waals surface area contributed by atoms with Crippen LogP contribution in [0.1, 0.15) is 24.2 Å². The molecule has 0 saturated heterocycles. The van der Waals surface area contributed by atoms with Crippen molar-refractivity contribution < 1.29 is 13.9 Å². The Morgan fingerprint density at radius 2 is 2.00 bits per heavy atom. The summed E-state index contributed by atoms with van der Waals surface area (Å²) in [5.41, 5.74) is 0.887. The number of benzene rings is 2. The molecule has 4 nitrogen and oxygen atoms in total. The van der Waals surface area contributed by atoms with Crippen LogP contribution in [0.4, 0.5) is 10.1 Å². The fraction of sp³-hybridized carbons (Fsp3) is 0.176. The zero-order valence-electron chi connectivity index (χ0n) is 13.1. The average Bonchev–Trinajstić information content (AvgIpc) is 2.50. The van der Waals surface area contributed by atoms with E-state index in [1.54, 1.807) is 24.3 Å². The summed E-state index contributed by atoms with van der Waals surface area (Å²) >= 11 is 10.8. The molecule has 0 aliphatic heterocycles. The highest BCUT2D eigenvalue weighted by molar-refractivity contribution is 7.80. The molecule has 0 radical (unpaired) electrons. The monoisotopic (exact) mass is 366 g/mol. The second kappa shape index (κ2) is 8.08. The smallest absolute Gasteiger partial charge is 0.257 e. The first-order chi connectivity index (χ1) is 11.3. The Kier molecular flexibility index (Phi) is 6.11. The number of carbonyl (C=O) groups is 1. The minimum Gasteiger partial charge on any atom is -0.491 e. The summed E-state index contributed by atoms with van der Waals surface area (Å²) in [7, 11) is 0. The molecule has 1 amide bonds. The molecule has 0 aliphatic rings. The van der Waals surface area contributed by atoms with Crippen LogP contribution in [0, 0.1) is 5.82 Å². The molecule has 0 fully saturated rings. The van der Waals surface area contributed by atoms with Crippen molar-refractivity contribution >= 4 is 40.5 Å². The van der Waals surface area contributed by atoms with E-state index in [0.29, 0.717) is 17.0 Å². The summed E-state index contributed by atoms with van der Waals surface area (Å²) in [6.45, 7) is 3.80. The fourth-order valence-electron chi connectivity index (χ4n) is 1.89. The lowest BCUT2D eigenvalue weighted by molar-refractivity contribution is 0.0977. The Labute approximate surface area is 150 Å². The van der Waals surface area contributed by atoms with Gasteiger partial charge in [-0.2, -0.15) is 0 Å². The Balaban J connectivity index is 2.00. The largest absolute Gasteiger partial charge is 0.491 e. The van der Waals surface area contributed by atoms with Crippen LogP contribution < -0.4 is 15.4 Å². The van der Waals surface area contributed by atoms with Crippen LogP contribution in [0.2, 0.25) is 5.02 Å². The van der Waals surface area contributed by atoms with Crippen molar-refractivity contribution in [2.45, 2.75) is 20.0 Å². The van der Waals surface area contributed by atoms with Gasteiger partial charge in [-0.25, -0.2) is 4.39 Å². The van der Waals surface area contributed by atoms with Crippen LogP contribution in [0.25, 0.3) is 0 Å². The zero-order chi connectivity index (χ0) is 17.7. The Morgan fingerprint density at radius 3 is 2.67 bits per heavy atom. The summed E-state index contributed by atoms with van der Waals surface area (Å²) in [6, 6.07) is 10.8. The highest BCUT2D eigenvalue weighted by atomic mass is 35.5. The Bertz CT molecular complexity index is 768. The number of thiocarbonyl (C=S) groups is 1. The minimum atomic E-state index is -0.529. The van der Waals surface area contributed by atoms with Gasteiger partial charge in [-0.1, -0.05) is 17.7 Å². The van der Waals surface area contributed by atoms with Gasteiger partial charge in [-0.05, 0) is 62.5 Å². The molecular weight excluding hydrogens is 351 g/mol. The molecule has 126 valence electrons. The lowest BCUT2D eigenvalue weighted by Gasteiger charge is -2.12. The standard InChI is InChI=1S/C17H16ClFN2O2S/c1-10(2)23-13-5-3-4-11(8-13)16(22)21-17(24)20-12-6-7-15(19)14(18)9-12/h3-10H,1-2H3,(H2,20,21,22,24). The molecule has 24 heavy (non-hydrogen) atoms. The third-order valence-electron chi connectivity index (χ3n) is 2.87. The maximum Gasteiger partial charge on any atom is 0.257 e. The molecule has 2 aromatic carbocycles. The molecule has 0 saturated carbocycles. The van der Waals surface area contributed by atoms with E-state index in [4.69, 9.17) is 28.6 Å². The van der Waals surface area contributed by atoms with E-state index in [1.807, 2.05) is 13.8 Å². The highest BCUT2D eigenvalue weighted by Gasteiger charge is 2.10. The number of ether oxygens (including phenoxy) is 1. The van der Waals surface area contributed by atoms with Gasteiger partial charge in [0.15, 0.2) is 5.11 Å². The number of nitrogens with one attached hydrogen (secondary N) is 2. The third-order valence-corrected chi connectivity index (χ3v) is 3.37. The number of carbonyl (C=O) groups excluding carboxylic acids is 1. The van der Waals surface area contributed by atoms with Crippen LogP contribution in [-0.2, 0) is 0 Å². The molecule has 2 N–H and O–H groups in total. The van der Waals surface area contributed by atoms with Crippen molar-refractivity contribution in [1.82, 2.24) is 5.32 Å². The molecule has 2 aromatic rings. The van der Waals surface area contributed by atoms with Gasteiger partial charge in [0, 0.05) is 11.3 Å². The second-order valence-corrected chi connectivity index (χ2v) is 6.05. The molecule has 0 aromatic heterocycles. The average molecular weight is 367 g/mol. The van der Waals surface area contributed by atoms with Crippen molar-refractivity contribution in [2.75, 3.05) is 5.32 Å². The van der Waals surface area contributed by atoms with E-state index in [9.17, 15) is 9.18 Å². The zero-order valence-corrected chi connectivity index (χ0v) is 14.7. The van der Waals surface area contributed by atoms with Crippen LogP contribution in [-0.4, -0.2) is 17.1 Å². The van der Waals surface area contributed by atoms with Crippen LogP contribution in [0.5, 0.6) is 5.75 Å². The maximum atomic E-state index is 13.1. The second-order valence-electron chi connectivity index (χ2n) is 5.23. The molecule has 0 heterocycles. The van der Waals surface area contributed by atoms with E-state index in [1.165, 1.54) is 18.2 Å². The molecule has 0 unspecified atom stereocenters. The number of rotatable bonds is 4. The first-order valence-corrected chi connectivity index (χ1v) is 7.98. The predicted molar refractivity (Wildman–Crippen MR) is 97.3 cm³/mol. The summed E-state index contributed by atoms with van der Waals surface area (Å²) in [5.74, 6) is -0.309. The number of hydrogen-bond donors (Lipinski definition) is 2. The molecule has 0 spiro atoms. The van der Waals surface area contributed by atoms with Gasteiger partial charge in [0.05, 0.1) is 11.1 Å². The molecule has 2 rings (SSSR count). The molecule has 7 heteroatoms. The van der Waals surface area contributed by atoms with Gasteiger partial charge in [0.1, 0.15) is 11.6 Å². The van der Waals surface area contributed by atoms with Gasteiger partial charge in [-0.15, -0.1) is 0 Å². The first-order valence-electron chi connectivity index (χ1n) is 7.19. The fourth-order valence-corrected chi connectivity index (χ4v) is 2.29. The maximum absolute atomic E-state index is 13.1. The van der Waals surface area contributed by atoms with Crippen LogP contribution in [0.3, 0.4) is 0 Å². The lowest BCUT2D eigenvalue weighted by atomic mass is 10.2. The molecule has 0 atom stereocenters. The van der Waals surface area contributed by atoms with E-state index in [-0.39, 0.29) is 22.1 Å². The van der Waals surface area contributed by atoms with Gasteiger partial charge < -0.3 is 10.1 Å². The summed E-state index contributed by atoms with van der Waals surface area (Å²) in [6.07, 6.45) is 0.00859. The van der Waals surface area contributed by atoms with E-state index < -0.39 is 5.82 Å². The van der Waals surface area contributed by atoms with E-state index in [2.05, 4.69) is 10.6 Å². The molecule has 0 aliphatic carbocycles. The topological polar surface area (TPSA) is 50.4 Å². The lowest BCUT2D eigenvalue weighted by Crippen LogP contribution is -2.34. The normalized spacial score (nSPS) is 10.4. The highest BCUT2D eigenvalue weighted by Crippen LogP contribution is 2.19. The summed E-state index contributed by atoms with van der Waals surface area (Å²) in [5, 5.41) is 5.37. The summed E-state index contributed by atoms with van der Waals surface area (Å²) < 4.78 is 18.7. The van der Waals surface area contributed by atoms with Crippen molar-refractivity contribution in [2.24, 2.45) is 0 Å². The van der Waals surface area contributed by atoms with Gasteiger partial charge in [0.2, 0.25) is 0 Å². The summed E-state index contributed by atoms with van der Waals surface area (Å²) in [4.78, 5) is 12.2. The van der Waals surface area contributed by atoms with E-state index >= 15 is 0 Å². The Hall–Kier alpha value is -2.18. The van der Waals surface area contributed by atoms with Crippen LogP contribution >= 0.6 is 23.8 Å². The first kappa shape index (κ1) is 18.2. The molecular formula is C17H16ClFN2O2S. The van der Waals surface area contributed by atoms with Gasteiger partial charge >= 0.3 is 0 Å². The van der Waals surface area contributed by atoms with E-state index in [0.717, 1.165) is 0 Å². The number of amides is 1. The third kappa shape index (κ3) is 5.18. The minimum absolute atomic E-state index is 0.00859. The number of halogens is 2. The molecule has 0 bridgehead atoms. The van der Waals surface area contributed by atoms with Crippen molar-refractivity contribution in [3.63, 3.8) is 0 Å². The van der Waals surface area contributed by atoms with Crippen molar-refractivity contribution in [1.29, 1.82) is 0 Å². The van der Waals surface area contributed by atoms with Crippen LogP contribution in [0.15, 0.2) is 42.5 Å². The van der Waals surface area contributed by atoms with Crippen molar-refractivity contribution in [3.05, 3.63) is 58.9 Å². The Morgan fingerprint density at radius 1 is 1.25 bits per heavy atom. The van der Waals surface area contributed by atoms with Gasteiger partial charge in [-0.3, -0.25) is 10.1 Å². The predicted octanol–water partition coefficient (Wildman–Crippen LogP) is 4.39. The quantitative estimate of drug-likeness (QED) is 0.788. The SMILES string of the molecule is CC(C)Oc1cccc(C(=O)NC(=S)Nc2ccc(F)c(Cl)c2)c1. The van der Waals surface area contributed by atoms with Crippen molar-refractivity contribution in [3.8, 4) is 5.75 Å². The van der Waals surface area contributed by atoms with Gasteiger partial charge in [0.25, 0.3) is 5.91 Å². The number of anilines is 1. The number of hydrogen-bond acceptors (Lipinski definition) is 3.